The zero-order valence-electron chi connectivity index (χ0n) is 10.0. The van der Waals surface area contributed by atoms with E-state index in [2.05, 4.69) is 27.8 Å². The van der Waals surface area contributed by atoms with Crippen LogP contribution in [0.25, 0.3) is 0 Å². The van der Waals surface area contributed by atoms with Gasteiger partial charge >= 0.3 is 6.18 Å². The number of rotatable bonds is 5. The van der Waals surface area contributed by atoms with Crippen molar-refractivity contribution >= 4 is 15.9 Å². The first-order chi connectivity index (χ1) is 8.40. The molecule has 0 aliphatic heterocycles. The van der Waals surface area contributed by atoms with E-state index in [0.29, 0.717) is 5.56 Å². The van der Waals surface area contributed by atoms with Crippen molar-refractivity contribution in [3.05, 3.63) is 46.5 Å². The molecular formula is C13H15BrF3N. The second-order valence-corrected chi connectivity index (χ2v) is 4.76. The van der Waals surface area contributed by atoms with Crippen molar-refractivity contribution in [3.8, 4) is 0 Å². The zero-order valence-corrected chi connectivity index (χ0v) is 11.6. The maximum Gasteiger partial charge on any atom is 0.417 e. The molecule has 1 atom stereocenters. The number of hydrogen-bond acceptors (Lipinski definition) is 1. The fraction of sp³-hybridized carbons (Fsp3) is 0.385. The monoisotopic (exact) mass is 321 g/mol. The minimum Gasteiger partial charge on any atom is -0.307 e. The molecular weight excluding hydrogens is 307 g/mol. The van der Waals surface area contributed by atoms with Crippen LogP contribution in [-0.4, -0.2) is 6.54 Å². The Hall–Kier alpha value is -0.810. The largest absolute Gasteiger partial charge is 0.417 e. The molecule has 5 heteroatoms. The Morgan fingerprint density at radius 1 is 1.44 bits per heavy atom. The molecule has 1 unspecified atom stereocenters. The van der Waals surface area contributed by atoms with Crippen LogP contribution in [0.2, 0.25) is 0 Å². The summed E-state index contributed by atoms with van der Waals surface area (Å²) in [6.07, 6.45) is -1.84. The van der Waals surface area contributed by atoms with Gasteiger partial charge in [0.05, 0.1) is 11.6 Å². The first-order valence-electron chi connectivity index (χ1n) is 5.62. The molecule has 1 rings (SSSR count). The number of nitrogens with one attached hydrogen (secondary N) is 1. The Balaban J connectivity index is 3.06. The van der Waals surface area contributed by atoms with Crippen molar-refractivity contribution in [3.63, 3.8) is 0 Å². The summed E-state index contributed by atoms with van der Waals surface area (Å²) >= 11 is 2.92. The van der Waals surface area contributed by atoms with Gasteiger partial charge in [-0.2, -0.15) is 13.2 Å². The standard InChI is InChI=1S/C13H15BrF3N/c1-3-7-18-12(4-2)9-5-6-11(14)10(8-9)13(15,16)17/h4-6,8,12,18H,2-3,7H2,1H3. The third-order valence-electron chi connectivity index (χ3n) is 2.50. The van der Waals surface area contributed by atoms with Crippen molar-refractivity contribution < 1.29 is 13.2 Å². The van der Waals surface area contributed by atoms with E-state index in [1.54, 1.807) is 12.1 Å². The Labute approximate surface area is 113 Å². The summed E-state index contributed by atoms with van der Waals surface area (Å²) in [5, 5.41) is 3.13. The van der Waals surface area contributed by atoms with Crippen LogP contribution in [0.4, 0.5) is 13.2 Å². The third-order valence-corrected chi connectivity index (χ3v) is 3.20. The molecule has 0 aromatic heterocycles. The number of halogens is 4. The lowest BCUT2D eigenvalue weighted by molar-refractivity contribution is -0.138. The average molecular weight is 322 g/mol. The highest BCUT2D eigenvalue weighted by Crippen LogP contribution is 2.36. The van der Waals surface area contributed by atoms with Gasteiger partial charge < -0.3 is 5.32 Å². The van der Waals surface area contributed by atoms with E-state index in [9.17, 15) is 13.2 Å². The van der Waals surface area contributed by atoms with Crippen LogP contribution in [0.3, 0.4) is 0 Å². The van der Waals surface area contributed by atoms with Crippen molar-refractivity contribution in [2.45, 2.75) is 25.6 Å². The Bertz CT molecular complexity index is 415. The molecule has 0 aliphatic carbocycles. The predicted octanol–water partition coefficient (Wildman–Crippen LogP) is 4.69. The SMILES string of the molecule is C=CC(NCCC)c1ccc(Br)c(C(F)(F)F)c1. The minimum atomic E-state index is -4.36. The predicted molar refractivity (Wildman–Crippen MR) is 70.4 cm³/mol. The second kappa shape index (κ2) is 6.38. The van der Waals surface area contributed by atoms with E-state index >= 15 is 0 Å². The molecule has 0 spiro atoms. The highest BCUT2D eigenvalue weighted by molar-refractivity contribution is 9.10. The van der Waals surface area contributed by atoms with Crippen LogP contribution < -0.4 is 5.32 Å². The molecule has 0 radical (unpaired) electrons. The van der Waals surface area contributed by atoms with Crippen LogP contribution in [0.5, 0.6) is 0 Å². The van der Waals surface area contributed by atoms with Gasteiger partial charge in [-0.15, -0.1) is 6.58 Å². The summed E-state index contributed by atoms with van der Waals surface area (Å²) in [6, 6.07) is 3.97. The number of alkyl halides is 3. The Morgan fingerprint density at radius 2 is 2.11 bits per heavy atom. The van der Waals surface area contributed by atoms with Gasteiger partial charge in [0.1, 0.15) is 0 Å². The molecule has 0 saturated carbocycles. The lowest BCUT2D eigenvalue weighted by Gasteiger charge is -2.17. The molecule has 18 heavy (non-hydrogen) atoms. The van der Waals surface area contributed by atoms with Gasteiger partial charge in [0.2, 0.25) is 0 Å². The fourth-order valence-corrected chi connectivity index (χ4v) is 2.06. The molecule has 0 fully saturated rings. The molecule has 0 amide bonds. The summed E-state index contributed by atoms with van der Waals surface area (Å²) < 4.78 is 38.4. The average Bonchev–Trinajstić information content (AvgIpc) is 2.30. The molecule has 0 saturated heterocycles. The van der Waals surface area contributed by atoms with E-state index < -0.39 is 11.7 Å². The minimum absolute atomic E-state index is 0.0528. The van der Waals surface area contributed by atoms with Gasteiger partial charge in [-0.1, -0.05) is 35.0 Å². The van der Waals surface area contributed by atoms with Crippen LogP contribution in [0.15, 0.2) is 35.3 Å². The van der Waals surface area contributed by atoms with Crippen molar-refractivity contribution in [2.24, 2.45) is 0 Å². The molecule has 1 N–H and O–H groups in total. The van der Waals surface area contributed by atoms with Gasteiger partial charge in [0.25, 0.3) is 0 Å². The topological polar surface area (TPSA) is 12.0 Å². The van der Waals surface area contributed by atoms with Crippen LogP contribution >= 0.6 is 15.9 Å². The van der Waals surface area contributed by atoms with Crippen molar-refractivity contribution in [1.82, 2.24) is 5.32 Å². The highest BCUT2D eigenvalue weighted by Gasteiger charge is 2.33. The maximum absolute atomic E-state index is 12.8. The number of benzene rings is 1. The highest BCUT2D eigenvalue weighted by atomic mass is 79.9. The van der Waals surface area contributed by atoms with E-state index in [-0.39, 0.29) is 10.5 Å². The van der Waals surface area contributed by atoms with Crippen LogP contribution in [0, 0.1) is 0 Å². The molecule has 0 heterocycles. The maximum atomic E-state index is 12.8. The lowest BCUT2D eigenvalue weighted by atomic mass is 10.0. The molecule has 0 aliphatic rings. The molecule has 1 nitrogen and oxygen atoms in total. The van der Waals surface area contributed by atoms with E-state index in [1.165, 1.54) is 6.07 Å². The Kier molecular flexibility index (Phi) is 5.41. The first kappa shape index (κ1) is 15.2. The summed E-state index contributed by atoms with van der Waals surface area (Å²) in [6.45, 7) is 6.38. The molecule has 1 aromatic rings. The third kappa shape index (κ3) is 3.85. The summed E-state index contributed by atoms with van der Waals surface area (Å²) in [5.41, 5.74) is -0.0980. The summed E-state index contributed by atoms with van der Waals surface area (Å²) in [5.74, 6) is 0. The zero-order chi connectivity index (χ0) is 13.8. The van der Waals surface area contributed by atoms with Gasteiger partial charge in [-0.3, -0.25) is 0 Å². The van der Waals surface area contributed by atoms with Crippen molar-refractivity contribution in [1.29, 1.82) is 0 Å². The van der Waals surface area contributed by atoms with E-state index in [0.717, 1.165) is 19.0 Å². The van der Waals surface area contributed by atoms with Gasteiger partial charge in [-0.05, 0) is 30.7 Å². The molecule has 1 aromatic carbocycles. The fourth-order valence-electron chi connectivity index (χ4n) is 1.59. The smallest absolute Gasteiger partial charge is 0.307 e. The van der Waals surface area contributed by atoms with E-state index in [1.807, 2.05) is 6.92 Å². The van der Waals surface area contributed by atoms with Gasteiger partial charge in [0.15, 0.2) is 0 Å². The Morgan fingerprint density at radius 3 is 2.61 bits per heavy atom. The first-order valence-corrected chi connectivity index (χ1v) is 6.42. The molecule has 100 valence electrons. The summed E-state index contributed by atoms with van der Waals surface area (Å²) in [4.78, 5) is 0. The van der Waals surface area contributed by atoms with Crippen molar-refractivity contribution in [2.75, 3.05) is 6.54 Å². The second-order valence-electron chi connectivity index (χ2n) is 3.90. The normalized spacial score (nSPS) is 13.4. The van der Waals surface area contributed by atoms with Crippen LogP contribution in [0.1, 0.15) is 30.5 Å². The van der Waals surface area contributed by atoms with Crippen LogP contribution in [-0.2, 0) is 6.18 Å². The lowest BCUT2D eigenvalue weighted by Crippen LogP contribution is -2.20. The number of hydrogen-bond donors (Lipinski definition) is 1. The van der Waals surface area contributed by atoms with Gasteiger partial charge in [0, 0.05) is 4.47 Å². The molecule has 0 bridgehead atoms. The summed E-state index contributed by atoms with van der Waals surface area (Å²) in [7, 11) is 0. The van der Waals surface area contributed by atoms with E-state index in [4.69, 9.17) is 0 Å². The quantitative estimate of drug-likeness (QED) is 0.775. The van der Waals surface area contributed by atoms with Gasteiger partial charge in [-0.25, -0.2) is 0 Å².